The Balaban J connectivity index is 2.24. The number of nitrogen functional groups attached to an aromatic ring is 1. The molecule has 0 aliphatic heterocycles. The molecule has 94 valence electrons. The largest absolute Gasteiger partial charge is 0.399 e. The van der Waals surface area contributed by atoms with E-state index in [1.807, 2.05) is 31.2 Å². The standard InChI is InChI=1S/C13H16N4O/c1-9(10-4-3-5-11(14)8-10)16-12-13(18)17(2)7-6-15-12/h3-9H,14H2,1-2H3,(H,15,16). The maximum atomic E-state index is 11.8. The fraction of sp³-hybridized carbons (Fsp3) is 0.231. The summed E-state index contributed by atoms with van der Waals surface area (Å²) < 4.78 is 1.49. The van der Waals surface area contributed by atoms with Crippen LogP contribution in [0.15, 0.2) is 41.5 Å². The molecule has 0 aliphatic rings. The summed E-state index contributed by atoms with van der Waals surface area (Å²) in [6, 6.07) is 7.53. The third-order valence-electron chi connectivity index (χ3n) is 2.78. The van der Waals surface area contributed by atoms with Crippen LogP contribution in [0.2, 0.25) is 0 Å². The van der Waals surface area contributed by atoms with Crippen LogP contribution in [0.3, 0.4) is 0 Å². The minimum absolute atomic E-state index is 0.0314. The Hall–Kier alpha value is -2.30. The normalized spacial score (nSPS) is 12.1. The van der Waals surface area contributed by atoms with E-state index in [1.54, 1.807) is 19.4 Å². The molecule has 5 nitrogen and oxygen atoms in total. The van der Waals surface area contributed by atoms with Crippen LogP contribution in [-0.4, -0.2) is 9.55 Å². The third-order valence-corrected chi connectivity index (χ3v) is 2.78. The average Bonchev–Trinajstić information content (AvgIpc) is 2.35. The minimum Gasteiger partial charge on any atom is -0.399 e. The third kappa shape index (κ3) is 2.51. The summed E-state index contributed by atoms with van der Waals surface area (Å²) in [5.74, 6) is 0.343. The minimum atomic E-state index is -0.145. The summed E-state index contributed by atoms with van der Waals surface area (Å²) in [5.41, 5.74) is 7.31. The molecule has 1 unspecified atom stereocenters. The number of hydrogen-bond acceptors (Lipinski definition) is 4. The molecule has 0 amide bonds. The van der Waals surface area contributed by atoms with Crippen molar-refractivity contribution in [1.82, 2.24) is 9.55 Å². The molecule has 1 heterocycles. The number of rotatable bonds is 3. The maximum absolute atomic E-state index is 11.8. The van der Waals surface area contributed by atoms with Gasteiger partial charge in [0.2, 0.25) is 0 Å². The molecule has 0 saturated carbocycles. The van der Waals surface area contributed by atoms with E-state index in [9.17, 15) is 4.79 Å². The van der Waals surface area contributed by atoms with Crippen molar-refractivity contribution in [3.8, 4) is 0 Å². The number of nitrogens with zero attached hydrogens (tertiary/aromatic N) is 2. The SMILES string of the molecule is CC(Nc1nccn(C)c1=O)c1cccc(N)c1. The quantitative estimate of drug-likeness (QED) is 0.803. The lowest BCUT2D eigenvalue weighted by atomic mass is 10.1. The van der Waals surface area contributed by atoms with Gasteiger partial charge in [0.1, 0.15) is 0 Å². The molecule has 18 heavy (non-hydrogen) atoms. The van der Waals surface area contributed by atoms with Crippen molar-refractivity contribution in [2.75, 3.05) is 11.1 Å². The van der Waals surface area contributed by atoms with Crippen LogP contribution in [-0.2, 0) is 7.05 Å². The van der Waals surface area contributed by atoms with Gasteiger partial charge in [-0.1, -0.05) is 12.1 Å². The predicted octanol–water partition coefficient (Wildman–Crippen LogP) is 1.54. The number of nitrogens with one attached hydrogen (secondary N) is 1. The van der Waals surface area contributed by atoms with E-state index in [4.69, 9.17) is 5.73 Å². The molecule has 2 aromatic rings. The highest BCUT2D eigenvalue weighted by atomic mass is 16.1. The summed E-state index contributed by atoms with van der Waals surface area (Å²) in [4.78, 5) is 15.9. The molecule has 3 N–H and O–H groups in total. The van der Waals surface area contributed by atoms with E-state index in [1.165, 1.54) is 4.57 Å². The highest BCUT2D eigenvalue weighted by Crippen LogP contribution is 2.17. The van der Waals surface area contributed by atoms with E-state index >= 15 is 0 Å². The van der Waals surface area contributed by atoms with Crippen molar-refractivity contribution >= 4 is 11.5 Å². The van der Waals surface area contributed by atoms with E-state index in [2.05, 4.69) is 10.3 Å². The first-order valence-electron chi connectivity index (χ1n) is 5.71. The number of anilines is 2. The van der Waals surface area contributed by atoms with Gasteiger partial charge in [0.15, 0.2) is 5.82 Å². The Morgan fingerprint density at radius 1 is 1.44 bits per heavy atom. The van der Waals surface area contributed by atoms with Gasteiger partial charge >= 0.3 is 0 Å². The molecule has 0 aliphatic carbocycles. The van der Waals surface area contributed by atoms with Crippen LogP contribution >= 0.6 is 0 Å². The number of hydrogen-bond donors (Lipinski definition) is 2. The second-order valence-corrected chi connectivity index (χ2v) is 4.23. The first-order chi connectivity index (χ1) is 8.58. The Morgan fingerprint density at radius 3 is 2.94 bits per heavy atom. The lowest BCUT2D eigenvalue weighted by molar-refractivity contribution is 0.814. The first kappa shape index (κ1) is 12.2. The van der Waals surface area contributed by atoms with Crippen molar-refractivity contribution < 1.29 is 0 Å². The second kappa shape index (κ2) is 4.91. The molecular weight excluding hydrogens is 228 g/mol. The monoisotopic (exact) mass is 244 g/mol. The summed E-state index contributed by atoms with van der Waals surface area (Å²) >= 11 is 0. The Morgan fingerprint density at radius 2 is 2.22 bits per heavy atom. The van der Waals surface area contributed by atoms with E-state index in [0.717, 1.165) is 5.56 Å². The van der Waals surface area contributed by atoms with Crippen molar-refractivity contribution in [3.05, 3.63) is 52.6 Å². The zero-order valence-electron chi connectivity index (χ0n) is 10.4. The van der Waals surface area contributed by atoms with Gasteiger partial charge < -0.3 is 15.6 Å². The zero-order valence-corrected chi connectivity index (χ0v) is 10.4. The van der Waals surface area contributed by atoms with Gasteiger partial charge in [0.05, 0.1) is 6.04 Å². The van der Waals surface area contributed by atoms with Gasteiger partial charge in [0.25, 0.3) is 5.56 Å². The van der Waals surface area contributed by atoms with E-state index in [0.29, 0.717) is 11.5 Å². The van der Waals surface area contributed by atoms with Crippen molar-refractivity contribution in [2.45, 2.75) is 13.0 Å². The molecule has 0 radical (unpaired) electrons. The topological polar surface area (TPSA) is 72.9 Å². The molecule has 0 bridgehead atoms. The lowest BCUT2D eigenvalue weighted by Gasteiger charge is -2.15. The van der Waals surface area contributed by atoms with Crippen LogP contribution < -0.4 is 16.6 Å². The maximum Gasteiger partial charge on any atom is 0.293 e. The van der Waals surface area contributed by atoms with Gasteiger partial charge in [0, 0.05) is 25.1 Å². The number of benzene rings is 1. The fourth-order valence-corrected chi connectivity index (χ4v) is 1.71. The molecular formula is C13H16N4O. The van der Waals surface area contributed by atoms with Crippen molar-refractivity contribution in [2.24, 2.45) is 7.05 Å². The summed E-state index contributed by atoms with van der Waals surface area (Å²) in [6.07, 6.45) is 3.22. The number of nitrogens with two attached hydrogens (primary N) is 1. The van der Waals surface area contributed by atoms with Gasteiger partial charge in [-0.05, 0) is 24.6 Å². The Bertz CT molecular complexity index is 606. The first-order valence-corrected chi connectivity index (χ1v) is 5.71. The summed E-state index contributed by atoms with van der Waals surface area (Å²) in [5, 5.41) is 3.09. The van der Waals surface area contributed by atoms with Gasteiger partial charge in [-0.15, -0.1) is 0 Å². The van der Waals surface area contributed by atoms with E-state index in [-0.39, 0.29) is 11.6 Å². The molecule has 1 aromatic heterocycles. The highest BCUT2D eigenvalue weighted by molar-refractivity contribution is 5.44. The van der Waals surface area contributed by atoms with Crippen LogP contribution in [0.1, 0.15) is 18.5 Å². The lowest BCUT2D eigenvalue weighted by Crippen LogP contribution is -2.23. The molecule has 5 heteroatoms. The van der Waals surface area contributed by atoms with Crippen LogP contribution in [0.25, 0.3) is 0 Å². The average molecular weight is 244 g/mol. The molecule has 0 spiro atoms. The summed E-state index contributed by atoms with van der Waals surface area (Å²) in [6.45, 7) is 1.96. The van der Waals surface area contributed by atoms with Crippen LogP contribution in [0.4, 0.5) is 11.5 Å². The van der Waals surface area contributed by atoms with Gasteiger partial charge in [-0.2, -0.15) is 0 Å². The fourth-order valence-electron chi connectivity index (χ4n) is 1.71. The molecule has 2 rings (SSSR count). The number of aryl methyl sites for hydroxylation is 1. The Kier molecular flexibility index (Phi) is 3.32. The van der Waals surface area contributed by atoms with Gasteiger partial charge in [-0.25, -0.2) is 4.98 Å². The molecule has 0 saturated heterocycles. The highest BCUT2D eigenvalue weighted by Gasteiger charge is 2.09. The van der Waals surface area contributed by atoms with Crippen LogP contribution in [0, 0.1) is 0 Å². The zero-order chi connectivity index (χ0) is 13.1. The molecule has 1 aromatic carbocycles. The van der Waals surface area contributed by atoms with E-state index < -0.39 is 0 Å². The smallest absolute Gasteiger partial charge is 0.293 e. The van der Waals surface area contributed by atoms with Crippen molar-refractivity contribution in [3.63, 3.8) is 0 Å². The molecule has 0 fully saturated rings. The van der Waals surface area contributed by atoms with Gasteiger partial charge in [-0.3, -0.25) is 4.79 Å². The van der Waals surface area contributed by atoms with Crippen molar-refractivity contribution in [1.29, 1.82) is 0 Å². The number of aromatic nitrogens is 2. The van der Waals surface area contributed by atoms with Crippen LogP contribution in [0.5, 0.6) is 0 Å². The predicted molar refractivity (Wildman–Crippen MR) is 72.4 cm³/mol. The second-order valence-electron chi connectivity index (χ2n) is 4.23. The summed E-state index contributed by atoms with van der Waals surface area (Å²) in [7, 11) is 1.69. The Labute approximate surface area is 105 Å². The molecule has 1 atom stereocenters.